The number of aliphatic hydroxyl groups is 1. The Morgan fingerprint density at radius 1 is 1.26 bits per heavy atom. The maximum Gasteiger partial charge on any atom is 0.416 e. The lowest BCUT2D eigenvalue weighted by molar-refractivity contribution is -0.137. The van der Waals surface area contributed by atoms with Gasteiger partial charge in [0.05, 0.1) is 37.5 Å². The molecule has 2 rings (SSSR count). The second-order valence-electron chi connectivity index (χ2n) is 7.38. The predicted octanol–water partition coefficient (Wildman–Crippen LogP) is 2.34. The molecule has 1 heterocycles. The van der Waals surface area contributed by atoms with Crippen molar-refractivity contribution in [3.8, 4) is 5.75 Å². The zero-order valence-electron chi connectivity index (χ0n) is 17.9. The van der Waals surface area contributed by atoms with Crippen LogP contribution in [0.3, 0.4) is 0 Å². The fourth-order valence-corrected chi connectivity index (χ4v) is 2.98. The van der Waals surface area contributed by atoms with Gasteiger partial charge in [-0.3, -0.25) is 9.89 Å². The summed E-state index contributed by atoms with van der Waals surface area (Å²) in [6.45, 7) is 8.39. The van der Waals surface area contributed by atoms with Crippen molar-refractivity contribution in [3.63, 3.8) is 0 Å². The molecule has 1 saturated heterocycles. The fourth-order valence-electron chi connectivity index (χ4n) is 2.98. The number of halogens is 4. The Kier molecular flexibility index (Phi) is 11.9. The maximum atomic E-state index is 12.8. The lowest BCUT2D eigenvalue weighted by Gasteiger charge is -2.33. The molecule has 1 unspecified atom stereocenters. The number of nitrogens with zero attached hydrogens (tertiary/aromatic N) is 2. The summed E-state index contributed by atoms with van der Waals surface area (Å²) in [5, 5.41) is 16.8. The van der Waals surface area contributed by atoms with Crippen molar-refractivity contribution in [1.29, 1.82) is 0 Å². The third-order valence-corrected chi connectivity index (χ3v) is 4.41. The van der Waals surface area contributed by atoms with E-state index in [9.17, 15) is 18.3 Å². The highest BCUT2D eigenvalue weighted by Crippen LogP contribution is 2.31. The summed E-state index contributed by atoms with van der Waals surface area (Å²) in [5.41, 5.74) is -1.74. The third-order valence-electron chi connectivity index (χ3n) is 4.41. The Morgan fingerprint density at radius 3 is 2.61 bits per heavy atom. The molecular weight excluding hydrogens is 528 g/mol. The first-order valence-electron chi connectivity index (χ1n) is 10.0. The van der Waals surface area contributed by atoms with E-state index < -0.39 is 17.3 Å². The molecule has 0 aliphatic carbocycles. The van der Waals surface area contributed by atoms with Crippen LogP contribution in [-0.4, -0.2) is 80.7 Å². The summed E-state index contributed by atoms with van der Waals surface area (Å²) >= 11 is 0. The van der Waals surface area contributed by atoms with E-state index in [2.05, 4.69) is 20.5 Å². The van der Waals surface area contributed by atoms with Gasteiger partial charge in [0.2, 0.25) is 0 Å². The van der Waals surface area contributed by atoms with Gasteiger partial charge in [0.25, 0.3) is 0 Å². The van der Waals surface area contributed by atoms with Gasteiger partial charge >= 0.3 is 6.18 Å². The van der Waals surface area contributed by atoms with Crippen molar-refractivity contribution >= 4 is 29.9 Å². The molecule has 0 aromatic heterocycles. The second-order valence-corrected chi connectivity index (χ2v) is 7.38. The molecular formula is C20H32F3IN4O3. The standard InChI is InChI=1S/C20H31F3N4O3.HI/c1-3-24-18(26-14-19(2,28)15-27-8-11-29-12-9-27)25-7-10-30-17-6-4-5-16(13-17)20(21,22)23;/h4-6,13,28H,3,7-12,14-15H2,1-2H3,(H2,24,25,26);1H. The zero-order chi connectivity index (χ0) is 22.0. The molecule has 1 aromatic rings. The van der Waals surface area contributed by atoms with Crippen molar-refractivity contribution in [2.75, 3.05) is 59.1 Å². The molecule has 7 nitrogen and oxygen atoms in total. The van der Waals surface area contributed by atoms with E-state index in [0.717, 1.165) is 25.2 Å². The van der Waals surface area contributed by atoms with E-state index in [-0.39, 0.29) is 42.9 Å². The van der Waals surface area contributed by atoms with Crippen LogP contribution in [0.5, 0.6) is 5.75 Å². The molecule has 1 atom stereocenters. The Balaban J connectivity index is 0.00000480. The van der Waals surface area contributed by atoms with E-state index in [1.165, 1.54) is 12.1 Å². The third kappa shape index (κ3) is 10.7. The Morgan fingerprint density at radius 2 is 1.97 bits per heavy atom. The SMILES string of the molecule is CCNC(=NCC(C)(O)CN1CCOCC1)NCCOc1cccc(C(F)(F)F)c1.I. The van der Waals surface area contributed by atoms with Crippen molar-refractivity contribution in [1.82, 2.24) is 15.5 Å². The smallest absolute Gasteiger partial charge is 0.416 e. The van der Waals surface area contributed by atoms with Crippen LogP contribution in [0.1, 0.15) is 19.4 Å². The van der Waals surface area contributed by atoms with Gasteiger partial charge < -0.3 is 25.2 Å². The van der Waals surface area contributed by atoms with Crippen LogP contribution < -0.4 is 15.4 Å². The lowest BCUT2D eigenvalue weighted by atomic mass is 10.1. The van der Waals surface area contributed by atoms with E-state index in [1.807, 2.05) is 6.92 Å². The molecule has 0 radical (unpaired) electrons. The minimum absolute atomic E-state index is 0. The molecule has 0 amide bonds. The molecule has 1 aliphatic heterocycles. The average Bonchev–Trinajstić information content (AvgIpc) is 2.69. The number of hydrogen-bond donors (Lipinski definition) is 3. The number of benzene rings is 1. The summed E-state index contributed by atoms with van der Waals surface area (Å²) in [5.74, 6) is 0.661. The Labute approximate surface area is 198 Å². The van der Waals surface area contributed by atoms with Crippen molar-refractivity contribution in [3.05, 3.63) is 29.8 Å². The van der Waals surface area contributed by atoms with Crippen LogP contribution in [0.4, 0.5) is 13.2 Å². The summed E-state index contributed by atoms with van der Waals surface area (Å²) < 4.78 is 49.0. The minimum atomic E-state index is -4.40. The summed E-state index contributed by atoms with van der Waals surface area (Å²) in [6, 6.07) is 4.77. The summed E-state index contributed by atoms with van der Waals surface area (Å²) in [7, 11) is 0. The number of β-amino-alcohol motifs (C(OH)–C–C–N with tert-alkyl or cyclic N) is 1. The van der Waals surface area contributed by atoms with Crippen LogP contribution in [0.25, 0.3) is 0 Å². The molecule has 1 fully saturated rings. The summed E-state index contributed by atoms with van der Waals surface area (Å²) in [6.07, 6.45) is -4.40. The van der Waals surface area contributed by atoms with Gasteiger partial charge in [-0.2, -0.15) is 13.2 Å². The Bertz CT molecular complexity index is 684. The topological polar surface area (TPSA) is 78.4 Å². The van der Waals surface area contributed by atoms with Gasteiger partial charge in [-0.1, -0.05) is 6.07 Å². The van der Waals surface area contributed by atoms with Crippen molar-refractivity contribution < 1.29 is 27.8 Å². The lowest BCUT2D eigenvalue weighted by Crippen LogP contribution is -2.48. The van der Waals surface area contributed by atoms with Crippen molar-refractivity contribution in [2.45, 2.75) is 25.6 Å². The Hall–Kier alpha value is -1.31. The maximum absolute atomic E-state index is 12.8. The first-order valence-corrected chi connectivity index (χ1v) is 10.0. The van der Waals surface area contributed by atoms with E-state index in [1.54, 1.807) is 6.92 Å². The monoisotopic (exact) mass is 560 g/mol. The largest absolute Gasteiger partial charge is 0.492 e. The number of morpholine rings is 1. The predicted molar refractivity (Wildman–Crippen MR) is 124 cm³/mol. The highest BCUT2D eigenvalue weighted by Gasteiger charge is 2.30. The number of guanidine groups is 1. The van der Waals surface area contributed by atoms with Crippen LogP contribution >= 0.6 is 24.0 Å². The van der Waals surface area contributed by atoms with Crippen LogP contribution in [0.2, 0.25) is 0 Å². The van der Waals surface area contributed by atoms with E-state index in [0.29, 0.717) is 38.8 Å². The molecule has 1 aliphatic rings. The molecule has 0 spiro atoms. The highest BCUT2D eigenvalue weighted by atomic mass is 127. The molecule has 0 bridgehead atoms. The molecule has 3 N–H and O–H groups in total. The number of aliphatic imine (C=N–C) groups is 1. The van der Waals surface area contributed by atoms with Gasteiger partial charge in [0.15, 0.2) is 5.96 Å². The van der Waals surface area contributed by atoms with Crippen molar-refractivity contribution in [2.24, 2.45) is 4.99 Å². The average molecular weight is 560 g/mol. The molecule has 1 aromatic carbocycles. The van der Waals surface area contributed by atoms with Gasteiger partial charge in [0, 0.05) is 26.2 Å². The van der Waals surface area contributed by atoms with E-state index >= 15 is 0 Å². The quantitative estimate of drug-likeness (QED) is 0.186. The van der Waals surface area contributed by atoms with Gasteiger partial charge in [-0.25, -0.2) is 0 Å². The van der Waals surface area contributed by atoms with E-state index in [4.69, 9.17) is 9.47 Å². The molecule has 178 valence electrons. The first-order chi connectivity index (χ1) is 14.2. The van der Waals surface area contributed by atoms with Crippen LogP contribution in [-0.2, 0) is 10.9 Å². The minimum Gasteiger partial charge on any atom is -0.492 e. The van der Waals surface area contributed by atoms with Gasteiger partial charge in [0.1, 0.15) is 12.4 Å². The van der Waals surface area contributed by atoms with Gasteiger partial charge in [-0.15, -0.1) is 24.0 Å². The number of rotatable bonds is 9. The molecule has 0 saturated carbocycles. The zero-order valence-corrected chi connectivity index (χ0v) is 20.2. The second kappa shape index (κ2) is 13.3. The van der Waals surface area contributed by atoms with Crippen LogP contribution in [0, 0.1) is 0 Å². The molecule has 31 heavy (non-hydrogen) atoms. The summed E-state index contributed by atoms with van der Waals surface area (Å²) in [4.78, 5) is 6.56. The number of alkyl halides is 3. The number of hydrogen-bond acceptors (Lipinski definition) is 5. The normalized spacial score (nSPS) is 17.4. The van der Waals surface area contributed by atoms with Crippen LogP contribution in [0.15, 0.2) is 29.3 Å². The van der Waals surface area contributed by atoms with Gasteiger partial charge in [-0.05, 0) is 32.0 Å². The first kappa shape index (κ1) is 27.7. The number of ether oxygens (including phenoxy) is 2. The number of nitrogens with one attached hydrogen (secondary N) is 2. The molecule has 11 heteroatoms. The highest BCUT2D eigenvalue weighted by molar-refractivity contribution is 14.0. The fraction of sp³-hybridized carbons (Fsp3) is 0.650.